The van der Waals surface area contributed by atoms with Crippen LogP contribution < -0.4 is 5.73 Å². The van der Waals surface area contributed by atoms with E-state index in [1.54, 1.807) is 0 Å². The summed E-state index contributed by atoms with van der Waals surface area (Å²) in [5, 5.41) is 202. The molecule has 0 spiro atoms. The van der Waals surface area contributed by atoms with Gasteiger partial charge in [0.2, 0.25) is 0 Å². The van der Waals surface area contributed by atoms with Gasteiger partial charge in [-0.15, -0.1) is 0 Å². The van der Waals surface area contributed by atoms with E-state index in [0.717, 1.165) is 12.8 Å². The van der Waals surface area contributed by atoms with Gasteiger partial charge in [-0.3, -0.25) is 0 Å². The molecule has 73 heavy (non-hydrogen) atoms. The number of hydrogen-bond donors (Lipinski definition) is 20. The van der Waals surface area contributed by atoms with E-state index in [-0.39, 0.29) is 6.61 Å². The van der Waals surface area contributed by atoms with Crippen molar-refractivity contribution in [1.82, 2.24) is 0 Å². The van der Waals surface area contributed by atoms with E-state index in [2.05, 4.69) is 0 Å². The molecule has 18 unspecified atom stereocenters. The van der Waals surface area contributed by atoms with Gasteiger partial charge in [0.15, 0.2) is 37.7 Å². The Morgan fingerprint density at radius 2 is 0.521 bits per heavy atom. The van der Waals surface area contributed by atoms with Gasteiger partial charge >= 0.3 is 0 Å². The van der Waals surface area contributed by atoms with Crippen molar-refractivity contribution in [3.05, 3.63) is 0 Å². The fourth-order valence-electron chi connectivity index (χ4n) is 9.27. The van der Waals surface area contributed by atoms with Crippen LogP contribution in [-0.4, -0.2) is 334 Å². The SMILES string of the molecule is NCCCCCO[C@H]1OC(CO)[C@@H](O[C@@H]2OC(CO)[C@@H](O[C@@H]3OC(CO)[C@@H](O[C@H]4OC(CO)[C@H](O[C@H]5OC(CO)[C@@H](O[C@@H]6OC(CO)[C@@H](O)C(O)C6O)C(O)C5O)C(O)C4O)C(O)C3O)C(O)C2O)C(O)C1O. The number of ether oxygens (including phenoxy) is 12. The fourth-order valence-corrected chi connectivity index (χ4v) is 9.27. The molecule has 0 amide bonds. The molecule has 6 rings (SSSR count). The Hall–Kier alpha value is -1.28. The van der Waals surface area contributed by atoms with Crippen LogP contribution in [0.5, 0.6) is 0 Å². The fraction of sp³-hybridized carbons (Fsp3) is 1.00. The maximum Gasteiger partial charge on any atom is 0.187 e. The van der Waals surface area contributed by atoms with Gasteiger partial charge < -0.3 is 160 Å². The van der Waals surface area contributed by atoms with Gasteiger partial charge in [-0.25, -0.2) is 0 Å². The highest BCUT2D eigenvalue weighted by atomic mass is 16.8. The molecule has 0 radical (unpaired) electrons. The Morgan fingerprint density at radius 1 is 0.274 bits per heavy atom. The summed E-state index contributed by atoms with van der Waals surface area (Å²) < 4.78 is 67.2. The van der Waals surface area contributed by atoms with Crippen molar-refractivity contribution in [3.8, 4) is 0 Å². The van der Waals surface area contributed by atoms with Crippen LogP contribution in [0.2, 0.25) is 0 Å². The minimum Gasteiger partial charge on any atom is -0.394 e. The summed E-state index contributed by atoms with van der Waals surface area (Å²) >= 11 is 0. The molecule has 0 aromatic heterocycles. The van der Waals surface area contributed by atoms with E-state index in [4.69, 9.17) is 62.6 Å². The second-order valence-electron chi connectivity index (χ2n) is 18.5. The minimum atomic E-state index is -2.17. The summed E-state index contributed by atoms with van der Waals surface area (Å²) in [4.78, 5) is 0. The lowest BCUT2D eigenvalue weighted by molar-refractivity contribution is -0.396. The monoisotopic (exact) mass is 1080 g/mol. The van der Waals surface area contributed by atoms with Gasteiger partial charge in [0.05, 0.1) is 39.6 Å². The van der Waals surface area contributed by atoms with Crippen LogP contribution in [0, 0.1) is 0 Å². The number of aliphatic hydroxyl groups excluding tert-OH is 19. The minimum absolute atomic E-state index is 0.123. The van der Waals surface area contributed by atoms with Crippen molar-refractivity contribution >= 4 is 0 Å². The second kappa shape index (κ2) is 27.5. The molecule has 0 bridgehead atoms. The van der Waals surface area contributed by atoms with Crippen molar-refractivity contribution in [2.75, 3.05) is 52.8 Å². The second-order valence-corrected chi connectivity index (χ2v) is 18.5. The molecule has 6 saturated heterocycles. The van der Waals surface area contributed by atoms with Crippen molar-refractivity contribution < 1.29 is 154 Å². The van der Waals surface area contributed by atoms with Gasteiger partial charge in [0.1, 0.15) is 146 Å². The van der Waals surface area contributed by atoms with E-state index in [0.29, 0.717) is 13.0 Å². The first kappa shape index (κ1) is 60.9. The molecule has 32 nitrogen and oxygen atoms in total. The highest BCUT2D eigenvalue weighted by molar-refractivity contribution is 5.00. The number of hydrogen-bond acceptors (Lipinski definition) is 32. The standard InChI is InChI=1S/C41H73NO31/c42-4-2-1-3-5-62-36-26(57)20(51)31(13(7-44)64-36)70-38-28(59)22(53)33(15(9-46)66-38)72-40-30(61)24(55)35(17(11-48)68-40)73-41-29(60)23(54)34(16(10-47)67-41)71-39-27(58)21(52)32(14(8-45)65-39)69-37-25(56)19(50)18(49)12(6-43)63-37/h12-41,43-61H,1-11,42H2/t12?,13?,14?,15?,16?,17?,18-,19?,20?,21?,22?,23?,24?,25?,26?,27?,28?,29?,30?,31-,32-,33-,34+,35-,36+,37+,38+,39-,40+,41-/m1/s1. The first-order valence-electron chi connectivity index (χ1n) is 23.8. The van der Waals surface area contributed by atoms with Gasteiger partial charge in [-0.05, 0) is 25.8 Å². The molecule has 6 aliphatic rings. The summed E-state index contributed by atoms with van der Waals surface area (Å²) in [6.07, 6.45) is -53.3. The molecule has 6 heterocycles. The summed E-state index contributed by atoms with van der Waals surface area (Å²) in [7, 11) is 0. The van der Waals surface area contributed by atoms with E-state index < -0.39 is 224 Å². The molecule has 0 aromatic carbocycles. The third-order valence-corrected chi connectivity index (χ3v) is 13.5. The predicted octanol–water partition coefficient (Wildman–Crippen LogP) is -12.9. The smallest absolute Gasteiger partial charge is 0.187 e. The van der Waals surface area contributed by atoms with Crippen molar-refractivity contribution in [1.29, 1.82) is 0 Å². The molecule has 0 aromatic rings. The summed E-state index contributed by atoms with van der Waals surface area (Å²) in [5.41, 5.74) is 5.49. The molecule has 0 saturated carbocycles. The van der Waals surface area contributed by atoms with E-state index in [1.165, 1.54) is 0 Å². The first-order chi connectivity index (χ1) is 34.8. The van der Waals surface area contributed by atoms with Gasteiger partial charge in [-0.2, -0.15) is 0 Å². The van der Waals surface area contributed by atoms with E-state index in [9.17, 15) is 97.0 Å². The Morgan fingerprint density at radius 3 is 0.795 bits per heavy atom. The van der Waals surface area contributed by atoms with Crippen LogP contribution in [0.3, 0.4) is 0 Å². The van der Waals surface area contributed by atoms with Crippen LogP contribution in [-0.2, 0) is 56.8 Å². The molecular weight excluding hydrogens is 1000 g/mol. The number of aliphatic hydroxyl groups is 19. The normalized spacial score (nSPS) is 50.0. The van der Waals surface area contributed by atoms with Gasteiger partial charge in [0, 0.05) is 6.61 Å². The molecule has 0 aliphatic carbocycles. The molecule has 30 atom stereocenters. The summed E-state index contributed by atoms with van der Waals surface area (Å²) in [6.45, 7) is -4.97. The van der Waals surface area contributed by atoms with Gasteiger partial charge in [0.25, 0.3) is 0 Å². The maximum atomic E-state index is 11.3. The quantitative estimate of drug-likeness (QED) is 0.0448. The first-order valence-corrected chi connectivity index (χ1v) is 23.8. The van der Waals surface area contributed by atoms with Crippen LogP contribution in [0.1, 0.15) is 19.3 Å². The molecule has 6 fully saturated rings. The Kier molecular flexibility index (Phi) is 23.0. The van der Waals surface area contributed by atoms with E-state index in [1.807, 2.05) is 0 Å². The zero-order valence-corrected chi connectivity index (χ0v) is 39.1. The van der Waals surface area contributed by atoms with Crippen LogP contribution >= 0.6 is 0 Å². The zero-order valence-electron chi connectivity index (χ0n) is 39.1. The van der Waals surface area contributed by atoms with Gasteiger partial charge in [-0.1, -0.05) is 0 Å². The van der Waals surface area contributed by atoms with Crippen molar-refractivity contribution in [3.63, 3.8) is 0 Å². The number of rotatable bonds is 22. The maximum absolute atomic E-state index is 11.3. The van der Waals surface area contributed by atoms with Crippen LogP contribution in [0.15, 0.2) is 0 Å². The largest absolute Gasteiger partial charge is 0.394 e. The summed E-state index contributed by atoms with van der Waals surface area (Å²) in [5.74, 6) is 0. The number of nitrogens with two attached hydrogens (primary N) is 1. The Balaban J connectivity index is 1.05. The third-order valence-electron chi connectivity index (χ3n) is 13.5. The van der Waals surface area contributed by atoms with Crippen LogP contribution in [0.25, 0.3) is 0 Å². The molecular formula is C41H73NO31. The molecule has 32 heteroatoms. The van der Waals surface area contributed by atoms with Crippen molar-refractivity contribution in [2.24, 2.45) is 5.73 Å². The zero-order chi connectivity index (χ0) is 53.6. The third kappa shape index (κ3) is 13.4. The number of unbranched alkanes of at least 4 members (excludes halogenated alkanes) is 2. The lowest BCUT2D eigenvalue weighted by Crippen LogP contribution is -2.68. The molecule has 6 aliphatic heterocycles. The lowest BCUT2D eigenvalue weighted by Gasteiger charge is -2.50. The van der Waals surface area contributed by atoms with Crippen LogP contribution in [0.4, 0.5) is 0 Å². The molecule has 21 N–H and O–H groups in total. The van der Waals surface area contributed by atoms with Crippen molar-refractivity contribution in [2.45, 2.75) is 203 Å². The Labute approximate surface area is 415 Å². The van der Waals surface area contributed by atoms with E-state index >= 15 is 0 Å². The lowest BCUT2D eigenvalue weighted by atomic mass is 9.95. The highest BCUT2D eigenvalue weighted by Gasteiger charge is 2.57. The predicted molar refractivity (Wildman–Crippen MR) is 226 cm³/mol. The average Bonchev–Trinajstić information content (AvgIpc) is 3.38. The highest BCUT2D eigenvalue weighted by Crippen LogP contribution is 2.37. The Bertz CT molecular complexity index is 1610. The molecule has 428 valence electrons. The summed E-state index contributed by atoms with van der Waals surface area (Å²) in [6, 6.07) is 0. The average molecular weight is 1080 g/mol. The topological polar surface area (TPSA) is 521 Å².